The largest absolute Gasteiger partial charge is 0.490 e. The third kappa shape index (κ3) is 11.2. The van der Waals surface area contributed by atoms with Crippen molar-refractivity contribution in [3.05, 3.63) is 89.5 Å². The van der Waals surface area contributed by atoms with E-state index in [9.17, 15) is 13.6 Å². The summed E-state index contributed by atoms with van der Waals surface area (Å²) in [5, 5.41) is 0. The van der Waals surface area contributed by atoms with E-state index >= 15 is 0 Å². The third-order valence-corrected chi connectivity index (χ3v) is 7.44. The van der Waals surface area contributed by atoms with Gasteiger partial charge >= 0.3 is 5.97 Å². The molecule has 1 atom stereocenters. The lowest BCUT2D eigenvalue weighted by atomic mass is 9.99. The lowest BCUT2D eigenvalue weighted by Crippen LogP contribution is -2.16. The predicted molar refractivity (Wildman–Crippen MR) is 164 cm³/mol. The summed E-state index contributed by atoms with van der Waals surface area (Å²) >= 11 is 0. The van der Waals surface area contributed by atoms with Crippen LogP contribution in [0.1, 0.15) is 107 Å². The van der Waals surface area contributed by atoms with Crippen LogP contribution in [0.4, 0.5) is 8.78 Å². The number of rotatable bonds is 20. The van der Waals surface area contributed by atoms with Gasteiger partial charge in [0.2, 0.25) is 5.82 Å². The van der Waals surface area contributed by atoms with Crippen molar-refractivity contribution in [3.63, 3.8) is 0 Å². The van der Waals surface area contributed by atoms with Gasteiger partial charge in [0.1, 0.15) is 6.10 Å². The van der Waals surface area contributed by atoms with Crippen LogP contribution in [-0.4, -0.2) is 18.7 Å². The molecule has 0 fully saturated rings. The van der Waals surface area contributed by atoms with Crippen molar-refractivity contribution in [1.29, 1.82) is 0 Å². The van der Waals surface area contributed by atoms with Gasteiger partial charge in [-0.15, -0.1) is 0 Å². The van der Waals surface area contributed by atoms with Crippen LogP contribution in [0.5, 0.6) is 5.75 Å². The fourth-order valence-corrected chi connectivity index (χ4v) is 4.96. The van der Waals surface area contributed by atoms with Crippen molar-refractivity contribution >= 4 is 5.97 Å². The zero-order valence-corrected chi connectivity index (χ0v) is 25.2. The number of carbonyl (C=O) groups excluding carboxylic acids is 1. The minimum Gasteiger partial charge on any atom is -0.490 e. The van der Waals surface area contributed by atoms with Gasteiger partial charge in [-0.3, -0.25) is 4.89 Å². The normalized spacial score (nSPS) is 11.8. The molecule has 3 aromatic carbocycles. The quantitative estimate of drug-likeness (QED) is 0.0758. The fraction of sp³-hybridized carbons (Fsp3) is 0.472. The summed E-state index contributed by atoms with van der Waals surface area (Å²) in [5.74, 6) is -2.30. The first-order valence-electron chi connectivity index (χ1n) is 15.7. The molecule has 42 heavy (non-hydrogen) atoms. The van der Waals surface area contributed by atoms with Crippen LogP contribution in [0, 0.1) is 11.6 Å². The molecule has 0 aliphatic carbocycles. The third-order valence-electron chi connectivity index (χ3n) is 7.44. The van der Waals surface area contributed by atoms with Gasteiger partial charge in [-0.25, -0.2) is 9.18 Å². The molecule has 228 valence electrons. The van der Waals surface area contributed by atoms with Crippen LogP contribution < -0.4 is 4.74 Å². The number of carbonyl (C=O) groups is 1. The first kappa shape index (κ1) is 33.3. The second kappa shape index (κ2) is 19.0. The summed E-state index contributed by atoms with van der Waals surface area (Å²) in [6.45, 7) is 4.66. The van der Waals surface area contributed by atoms with Gasteiger partial charge < -0.3 is 4.74 Å². The number of unbranched alkanes of at least 4 members (excludes halogenated alkanes) is 7. The van der Waals surface area contributed by atoms with Crippen molar-refractivity contribution in [2.75, 3.05) is 6.61 Å². The van der Waals surface area contributed by atoms with Crippen molar-refractivity contribution in [1.82, 2.24) is 0 Å². The van der Waals surface area contributed by atoms with Crippen LogP contribution in [0.25, 0.3) is 11.1 Å². The Balaban J connectivity index is 1.39. The van der Waals surface area contributed by atoms with E-state index in [2.05, 4.69) is 13.8 Å². The molecule has 3 rings (SSSR count). The average Bonchev–Trinajstić information content (AvgIpc) is 3.02. The molecule has 6 heteroatoms. The lowest BCUT2D eigenvalue weighted by molar-refractivity contribution is -0.277. The van der Waals surface area contributed by atoms with E-state index in [1.165, 1.54) is 25.3 Å². The van der Waals surface area contributed by atoms with E-state index in [4.69, 9.17) is 14.5 Å². The van der Waals surface area contributed by atoms with Crippen LogP contribution in [0.3, 0.4) is 0 Å². The van der Waals surface area contributed by atoms with Gasteiger partial charge in [0.15, 0.2) is 11.6 Å². The van der Waals surface area contributed by atoms with Gasteiger partial charge in [0.05, 0.1) is 12.2 Å². The van der Waals surface area contributed by atoms with E-state index in [-0.39, 0.29) is 17.4 Å². The average molecular weight is 581 g/mol. The zero-order valence-electron chi connectivity index (χ0n) is 25.2. The zero-order chi connectivity index (χ0) is 30.0. The molecule has 0 N–H and O–H groups in total. The first-order valence-corrected chi connectivity index (χ1v) is 15.7. The highest BCUT2D eigenvalue weighted by atomic mass is 19.2. The minimum absolute atomic E-state index is 0.0256. The highest BCUT2D eigenvalue weighted by Crippen LogP contribution is 2.30. The Morgan fingerprint density at radius 3 is 2.17 bits per heavy atom. The first-order chi connectivity index (χ1) is 20.5. The Morgan fingerprint density at radius 2 is 1.43 bits per heavy atom. The van der Waals surface area contributed by atoms with Gasteiger partial charge in [0.25, 0.3) is 0 Å². The van der Waals surface area contributed by atoms with Crippen molar-refractivity contribution < 1.29 is 28.1 Å². The Hall–Kier alpha value is -3.25. The maximum Gasteiger partial charge on any atom is 0.373 e. The molecule has 0 saturated carbocycles. The molecule has 0 saturated heterocycles. The van der Waals surface area contributed by atoms with Crippen molar-refractivity contribution in [2.24, 2.45) is 0 Å². The van der Waals surface area contributed by atoms with Crippen LogP contribution in [-0.2, 0) is 16.2 Å². The highest BCUT2D eigenvalue weighted by Gasteiger charge is 2.16. The maximum atomic E-state index is 14.9. The molecule has 0 spiro atoms. The van der Waals surface area contributed by atoms with Crippen LogP contribution in [0.15, 0.2) is 66.7 Å². The number of benzene rings is 3. The molecule has 0 aliphatic rings. The molecular formula is C36H46F2O4. The summed E-state index contributed by atoms with van der Waals surface area (Å²) < 4.78 is 35.1. The van der Waals surface area contributed by atoms with Crippen molar-refractivity contribution in [3.8, 4) is 16.9 Å². The predicted octanol–water partition coefficient (Wildman–Crippen LogP) is 10.4. The standard InChI is InChI=1S/C36H46F2O4/c1-3-5-6-7-8-15-27-40-33-26-25-32(34(37)35(33)38)29-23-21-28(22-24-29)17-11-9-14-20-31(16-4-2)41-42-36(39)30-18-12-10-13-19-30/h10,12-13,18-19,21-26,31H,3-9,11,14-17,20,27H2,1-2H3. The maximum absolute atomic E-state index is 14.9. The van der Waals surface area contributed by atoms with Crippen LogP contribution in [0.2, 0.25) is 0 Å². The fourth-order valence-electron chi connectivity index (χ4n) is 4.96. The van der Waals surface area contributed by atoms with Gasteiger partial charge in [0, 0.05) is 5.56 Å². The smallest absolute Gasteiger partial charge is 0.373 e. The molecule has 1 unspecified atom stereocenters. The number of hydrogen-bond acceptors (Lipinski definition) is 4. The van der Waals surface area contributed by atoms with E-state index in [1.807, 2.05) is 30.3 Å². The summed E-state index contributed by atoms with van der Waals surface area (Å²) in [6.07, 6.45) is 13.0. The molecule has 0 aromatic heterocycles. The monoisotopic (exact) mass is 580 g/mol. The molecule has 0 aliphatic heterocycles. The molecule has 0 bridgehead atoms. The van der Waals surface area contributed by atoms with Gasteiger partial charge in [-0.1, -0.05) is 108 Å². The summed E-state index contributed by atoms with van der Waals surface area (Å²) in [6, 6.07) is 19.6. The van der Waals surface area contributed by atoms with Crippen LogP contribution >= 0.6 is 0 Å². The van der Waals surface area contributed by atoms with Crippen molar-refractivity contribution in [2.45, 2.75) is 103 Å². The van der Waals surface area contributed by atoms with E-state index in [0.717, 1.165) is 69.8 Å². The summed E-state index contributed by atoms with van der Waals surface area (Å²) in [4.78, 5) is 22.7. The lowest BCUT2D eigenvalue weighted by Gasteiger charge is -2.15. The number of hydrogen-bond donors (Lipinski definition) is 0. The molecule has 0 amide bonds. The topological polar surface area (TPSA) is 44.8 Å². The van der Waals surface area contributed by atoms with Gasteiger partial charge in [-0.05, 0) is 67.5 Å². The van der Waals surface area contributed by atoms with Gasteiger partial charge in [-0.2, -0.15) is 9.28 Å². The highest BCUT2D eigenvalue weighted by molar-refractivity contribution is 5.88. The molecular weight excluding hydrogens is 534 g/mol. The summed E-state index contributed by atoms with van der Waals surface area (Å²) in [7, 11) is 0. The Labute approximate surface area is 250 Å². The molecule has 0 radical (unpaired) electrons. The second-order valence-corrected chi connectivity index (χ2v) is 10.9. The van der Waals surface area contributed by atoms with E-state index in [0.29, 0.717) is 17.7 Å². The SMILES string of the molecule is CCCCCCCCOc1ccc(-c2ccc(CCCCCC(CCC)OOC(=O)c3ccccc3)cc2)c(F)c1F. The minimum atomic E-state index is -0.928. The number of halogens is 2. The van der Waals surface area contributed by atoms with E-state index < -0.39 is 17.6 Å². The Bertz CT molecular complexity index is 1180. The number of aryl methyl sites for hydroxylation is 1. The Morgan fingerprint density at radius 1 is 0.714 bits per heavy atom. The molecule has 3 aromatic rings. The Kier molecular flexibility index (Phi) is 15.1. The second-order valence-electron chi connectivity index (χ2n) is 10.9. The molecule has 0 heterocycles. The number of ether oxygens (including phenoxy) is 1. The van der Waals surface area contributed by atoms with E-state index in [1.54, 1.807) is 30.3 Å². The summed E-state index contributed by atoms with van der Waals surface area (Å²) in [5.41, 5.74) is 2.50. The molecule has 4 nitrogen and oxygen atoms in total.